The molecular formula is C23H26N4O3. The molecule has 0 saturated carbocycles. The molecule has 3 aromatic heterocycles. The largest absolute Gasteiger partial charge is 0.463 e. The molecule has 30 heavy (non-hydrogen) atoms. The van der Waals surface area contributed by atoms with E-state index in [4.69, 9.17) is 4.42 Å². The van der Waals surface area contributed by atoms with Crippen molar-refractivity contribution in [2.24, 2.45) is 0 Å². The van der Waals surface area contributed by atoms with E-state index in [9.17, 15) is 9.59 Å². The zero-order chi connectivity index (χ0) is 21.3. The number of carbonyl (C=O) groups excluding carboxylic acids is 1. The van der Waals surface area contributed by atoms with E-state index >= 15 is 0 Å². The maximum absolute atomic E-state index is 13.2. The molecule has 0 aliphatic heterocycles. The van der Waals surface area contributed by atoms with Crippen LogP contribution in [0.25, 0.3) is 16.6 Å². The van der Waals surface area contributed by atoms with Gasteiger partial charge in [-0.1, -0.05) is 51.1 Å². The first-order valence-corrected chi connectivity index (χ1v) is 10.4. The van der Waals surface area contributed by atoms with Crippen molar-refractivity contribution in [2.45, 2.75) is 45.6 Å². The van der Waals surface area contributed by atoms with Gasteiger partial charge in [-0.05, 0) is 17.9 Å². The van der Waals surface area contributed by atoms with Gasteiger partial charge in [0.1, 0.15) is 17.4 Å². The molecule has 7 nitrogen and oxygen atoms in total. The number of carbonyl (C=O) groups is 1. The van der Waals surface area contributed by atoms with Gasteiger partial charge in [0.25, 0.3) is 5.56 Å². The number of hydrogen-bond donors (Lipinski definition) is 1. The molecule has 0 bridgehead atoms. The Bertz CT molecular complexity index is 1240. The Hall–Kier alpha value is -3.35. The van der Waals surface area contributed by atoms with Crippen molar-refractivity contribution in [3.63, 3.8) is 0 Å². The average Bonchev–Trinajstić information content (AvgIpc) is 3.37. The van der Waals surface area contributed by atoms with Gasteiger partial charge in [-0.25, -0.2) is 4.68 Å². The van der Waals surface area contributed by atoms with E-state index < -0.39 is 6.04 Å². The maximum atomic E-state index is 13.2. The fourth-order valence-electron chi connectivity index (χ4n) is 3.87. The van der Waals surface area contributed by atoms with Crippen molar-refractivity contribution in [2.75, 3.05) is 6.54 Å². The summed E-state index contributed by atoms with van der Waals surface area (Å²) in [6, 6.07) is 12.9. The van der Waals surface area contributed by atoms with Crippen molar-refractivity contribution >= 4 is 22.5 Å². The molecule has 0 aliphatic carbocycles. The monoisotopic (exact) mass is 406 g/mol. The minimum Gasteiger partial charge on any atom is -0.463 e. The Balaban J connectivity index is 1.64. The molecule has 0 fully saturated rings. The fourth-order valence-corrected chi connectivity index (χ4v) is 3.87. The van der Waals surface area contributed by atoms with Gasteiger partial charge in [0.15, 0.2) is 5.58 Å². The van der Waals surface area contributed by atoms with Gasteiger partial charge in [0, 0.05) is 25.1 Å². The molecule has 4 rings (SSSR count). The topological polar surface area (TPSA) is 81.5 Å². The van der Waals surface area contributed by atoms with Gasteiger partial charge >= 0.3 is 0 Å². The van der Waals surface area contributed by atoms with E-state index in [1.807, 2.05) is 54.6 Å². The van der Waals surface area contributed by atoms with E-state index in [1.165, 1.54) is 4.68 Å². The van der Waals surface area contributed by atoms with Crippen molar-refractivity contribution in [3.05, 3.63) is 70.5 Å². The van der Waals surface area contributed by atoms with Crippen molar-refractivity contribution < 1.29 is 9.21 Å². The summed E-state index contributed by atoms with van der Waals surface area (Å²) in [5, 5.41) is 7.56. The first kappa shape index (κ1) is 19.9. The maximum Gasteiger partial charge on any atom is 0.291 e. The Kier molecular flexibility index (Phi) is 5.44. The first-order chi connectivity index (χ1) is 14.5. The lowest BCUT2D eigenvalue weighted by atomic mass is 10.0. The lowest BCUT2D eigenvalue weighted by Crippen LogP contribution is -2.40. The van der Waals surface area contributed by atoms with Gasteiger partial charge < -0.3 is 9.73 Å². The number of nitrogens with zero attached hydrogens (tertiary/aromatic N) is 3. The molecule has 156 valence electrons. The second-order valence-corrected chi connectivity index (χ2v) is 7.54. The molecule has 0 spiro atoms. The summed E-state index contributed by atoms with van der Waals surface area (Å²) in [5.74, 6) is 0.685. The lowest BCUT2D eigenvalue weighted by Gasteiger charge is -2.20. The zero-order valence-electron chi connectivity index (χ0n) is 17.5. The number of benzene rings is 1. The highest BCUT2D eigenvalue weighted by molar-refractivity contribution is 5.83. The van der Waals surface area contributed by atoms with E-state index in [0.29, 0.717) is 36.3 Å². The summed E-state index contributed by atoms with van der Waals surface area (Å²) < 4.78 is 8.61. The highest BCUT2D eigenvalue weighted by Crippen LogP contribution is 2.21. The molecule has 1 N–H and O–H groups in total. The van der Waals surface area contributed by atoms with Crippen LogP contribution in [0.15, 0.2) is 57.9 Å². The van der Waals surface area contributed by atoms with Crippen LogP contribution in [0.1, 0.15) is 50.5 Å². The average molecular weight is 406 g/mol. The predicted octanol–water partition coefficient (Wildman–Crippen LogP) is 3.68. The molecule has 0 unspecified atom stereocenters. The first-order valence-electron chi connectivity index (χ1n) is 10.4. The molecule has 0 radical (unpaired) electrons. The molecule has 0 aliphatic rings. The normalized spacial score (nSPS) is 13.6. The second-order valence-electron chi connectivity index (χ2n) is 7.54. The Labute approximate surface area is 174 Å². The van der Waals surface area contributed by atoms with Crippen molar-refractivity contribution in [1.29, 1.82) is 0 Å². The molecular weight excluding hydrogens is 380 g/mol. The van der Waals surface area contributed by atoms with Crippen LogP contribution in [0, 0.1) is 0 Å². The smallest absolute Gasteiger partial charge is 0.291 e. The van der Waals surface area contributed by atoms with E-state index in [1.54, 1.807) is 12.3 Å². The van der Waals surface area contributed by atoms with E-state index in [0.717, 1.165) is 11.1 Å². The van der Waals surface area contributed by atoms with Crippen LogP contribution in [-0.2, 0) is 11.2 Å². The fraction of sp³-hybridized carbons (Fsp3) is 0.348. The quantitative estimate of drug-likeness (QED) is 0.508. The SMILES string of the molecule is CCc1nn([C@H](CC)C(=O)NC[C@H](C)c2ccccc2)c(=O)c2cc3occc3n12. The van der Waals surface area contributed by atoms with Crippen LogP contribution in [0.4, 0.5) is 0 Å². The number of amides is 1. The number of aromatic nitrogens is 3. The molecule has 3 heterocycles. The molecule has 0 saturated heterocycles. The van der Waals surface area contributed by atoms with Gasteiger partial charge in [-0.15, -0.1) is 0 Å². The Morgan fingerprint density at radius 2 is 1.93 bits per heavy atom. The van der Waals surface area contributed by atoms with Crippen molar-refractivity contribution in [3.8, 4) is 0 Å². The van der Waals surface area contributed by atoms with Gasteiger partial charge in [0.05, 0.1) is 11.8 Å². The van der Waals surface area contributed by atoms with Gasteiger partial charge in [-0.3, -0.25) is 14.0 Å². The number of rotatable bonds is 7. The van der Waals surface area contributed by atoms with Crippen molar-refractivity contribution in [1.82, 2.24) is 19.5 Å². The number of fused-ring (bicyclic) bond motifs is 3. The molecule has 7 heteroatoms. The highest BCUT2D eigenvalue weighted by atomic mass is 16.3. The third kappa shape index (κ3) is 3.40. The second kappa shape index (κ2) is 8.18. The standard InChI is InChI=1S/C23H26N4O3/c1-4-17(22(28)24-14-15(3)16-9-7-6-8-10-16)27-23(29)19-13-20-18(11-12-30-20)26(19)21(5-2)25-27/h6-13,15,17H,4-5,14H2,1-3H3,(H,24,28)/t15-,17+/m0/s1. The lowest BCUT2D eigenvalue weighted by molar-refractivity contribution is -0.124. The Morgan fingerprint density at radius 1 is 1.17 bits per heavy atom. The Morgan fingerprint density at radius 3 is 2.63 bits per heavy atom. The van der Waals surface area contributed by atoms with Gasteiger partial charge in [-0.2, -0.15) is 5.10 Å². The van der Waals surface area contributed by atoms with Crippen LogP contribution < -0.4 is 10.9 Å². The third-order valence-electron chi connectivity index (χ3n) is 5.58. The minimum atomic E-state index is -0.669. The van der Waals surface area contributed by atoms with E-state index in [2.05, 4.69) is 17.3 Å². The van der Waals surface area contributed by atoms with Crippen LogP contribution in [0.5, 0.6) is 0 Å². The zero-order valence-corrected chi connectivity index (χ0v) is 17.5. The molecule has 1 amide bonds. The number of hydrogen-bond acceptors (Lipinski definition) is 4. The summed E-state index contributed by atoms with van der Waals surface area (Å²) in [6.45, 7) is 6.43. The number of aryl methyl sites for hydroxylation is 1. The van der Waals surface area contributed by atoms with Crippen LogP contribution in [0.2, 0.25) is 0 Å². The van der Waals surface area contributed by atoms with E-state index in [-0.39, 0.29) is 17.4 Å². The summed E-state index contributed by atoms with van der Waals surface area (Å²) in [7, 11) is 0. The number of nitrogens with one attached hydrogen (secondary N) is 1. The highest BCUT2D eigenvalue weighted by Gasteiger charge is 2.24. The third-order valence-corrected chi connectivity index (χ3v) is 5.58. The predicted molar refractivity (Wildman–Crippen MR) is 116 cm³/mol. The number of furan rings is 1. The summed E-state index contributed by atoms with van der Waals surface area (Å²) in [6.07, 6.45) is 2.68. The summed E-state index contributed by atoms with van der Waals surface area (Å²) in [5.41, 5.74) is 2.78. The molecule has 2 atom stereocenters. The van der Waals surface area contributed by atoms with Crippen LogP contribution in [-0.4, -0.2) is 26.6 Å². The van der Waals surface area contributed by atoms with Gasteiger partial charge in [0.2, 0.25) is 5.91 Å². The molecule has 1 aromatic carbocycles. The minimum absolute atomic E-state index is 0.170. The summed E-state index contributed by atoms with van der Waals surface area (Å²) in [4.78, 5) is 26.2. The van der Waals surface area contributed by atoms with Crippen LogP contribution in [0.3, 0.4) is 0 Å². The van der Waals surface area contributed by atoms with Crippen LogP contribution >= 0.6 is 0 Å². The molecule has 4 aromatic rings. The summed E-state index contributed by atoms with van der Waals surface area (Å²) >= 11 is 0.